The van der Waals surface area contributed by atoms with E-state index in [1.807, 2.05) is 46.3 Å². The minimum absolute atomic E-state index is 0.309. The summed E-state index contributed by atoms with van der Waals surface area (Å²) in [6.07, 6.45) is 1.20. The highest BCUT2D eigenvalue weighted by Gasteiger charge is 2.11. The Morgan fingerprint density at radius 1 is 1.13 bits per heavy atom. The number of hydrogen-bond donors (Lipinski definition) is 0. The van der Waals surface area contributed by atoms with Gasteiger partial charge in [0.25, 0.3) is 0 Å². The van der Waals surface area contributed by atoms with Crippen LogP contribution in [-0.2, 0) is 9.84 Å². The van der Waals surface area contributed by atoms with Crippen LogP contribution >= 0.6 is 39.5 Å². The molecule has 3 aromatic rings. The first-order valence-electron chi connectivity index (χ1n) is 6.63. The van der Waals surface area contributed by atoms with E-state index in [4.69, 9.17) is 12.2 Å². The zero-order chi connectivity index (χ0) is 16.6. The maximum Gasteiger partial charge on any atom is 0.175 e. The first-order valence-corrected chi connectivity index (χ1v) is 10.6. The van der Waals surface area contributed by atoms with Crippen molar-refractivity contribution in [2.24, 2.45) is 0 Å². The number of rotatable bonds is 3. The number of hydrogen-bond acceptors (Lipinski definition) is 4. The molecule has 7 heteroatoms. The number of benzene rings is 2. The van der Waals surface area contributed by atoms with Crippen LogP contribution in [0.5, 0.6) is 0 Å². The summed E-state index contributed by atoms with van der Waals surface area (Å²) < 4.78 is 26.9. The largest absolute Gasteiger partial charge is 0.291 e. The van der Waals surface area contributed by atoms with Gasteiger partial charge < -0.3 is 0 Å². The zero-order valence-corrected chi connectivity index (χ0v) is 16.1. The first kappa shape index (κ1) is 16.6. The monoisotopic (exact) mass is 425 g/mol. The Bertz CT molecular complexity index is 1020. The highest BCUT2D eigenvalue weighted by molar-refractivity contribution is 9.10. The van der Waals surface area contributed by atoms with Gasteiger partial charge in [-0.3, -0.25) is 4.57 Å². The van der Waals surface area contributed by atoms with Gasteiger partial charge in [0.1, 0.15) is 0 Å². The Balaban J connectivity index is 2.14. The van der Waals surface area contributed by atoms with Crippen LogP contribution in [0.4, 0.5) is 0 Å². The molecular formula is C16H12BrNO2S3. The van der Waals surface area contributed by atoms with Crippen LogP contribution in [0.3, 0.4) is 0 Å². The quantitative estimate of drug-likeness (QED) is 0.547. The molecular weight excluding hydrogens is 414 g/mol. The van der Waals surface area contributed by atoms with Crippen molar-refractivity contribution in [2.75, 3.05) is 6.26 Å². The van der Waals surface area contributed by atoms with Gasteiger partial charge in [-0.15, -0.1) is 11.3 Å². The molecule has 2 aromatic carbocycles. The standard InChI is InChI=1S/C16H12BrNO2S3/c1-23(19,20)14-7-5-11(6-8-14)15-10-22-16(21)18(15)13-4-2-3-12(17)9-13/h2-10H,1H3. The molecule has 0 unspecified atom stereocenters. The van der Waals surface area contributed by atoms with E-state index in [1.54, 1.807) is 12.1 Å². The molecule has 0 aliphatic carbocycles. The summed E-state index contributed by atoms with van der Waals surface area (Å²) >= 11 is 10.4. The lowest BCUT2D eigenvalue weighted by atomic mass is 10.1. The van der Waals surface area contributed by atoms with Crippen LogP contribution in [0, 0.1) is 3.95 Å². The number of thiazole rings is 1. The average molecular weight is 426 g/mol. The third kappa shape index (κ3) is 3.47. The molecule has 0 N–H and O–H groups in total. The summed E-state index contributed by atoms with van der Waals surface area (Å²) in [6, 6.07) is 14.8. The molecule has 0 spiro atoms. The molecule has 23 heavy (non-hydrogen) atoms. The number of halogens is 1. The van der Waals surface area contributed by atoms with Gasteiger partial charge in [-0.2, -0.15) is 0 Å². The molecule has 0 atom stereocenters. The summed E-state index contributed by atoms with van der Waals surface area (Å²) in [4.78, 5) is 0.309. The predicted octanol–water partition coefficient (Wildman–Crippen LogP) is 5.10. The van der Waals surface area contributed by atoms with Gasteiger partial charge in [0.15, 0.2) is 13.8 Å². The molecule has 0 aliphatic heterocycles. The molecule has 0 saturated carbocycles. The molecule has 3 rings (SSSR count). The summed E-state index contributed by atoms with van der Waals surface area (Å²) in [7, 11) is -3.20. The van der Waals surface area contributed by atoms with E-state index in [2.05, 4.69) is 15.9 Å². The van der Waals surface area contributed by atoms with Crippen molar-refractivity contribution in [3.05, 3.63) is 62.3 Å². The number of nitrogens with zero attached hydrogens (tertiary/aromatic N) is 1. The van der Waals surface area contributed by atoms with Gasteiger partial charge >= 0.3 is 0 Å². The average Bonchev–Trinajstić information content (AvgIpc) is 2.88. The maximum absolute atomic E-state index is 11.6. The van der Waals surface area contributed by atoms with Crippen LogP contribution in [0.1, 0.15) is 0 Å². The molecule has 0 saturated heterocycles. The van der Waals surface area contributed by atoms with E-state index in [1.165, 1.54) is 17.6 Å². The minimum Gasteiger partial charge on any atom is -0.291 e. The molecule has 0 fully saturated rings. The van der Waals surface area contributed by atoms with Crippen molar-refractivity contribution in [1.82, 2.24) is 4.57 Å². The van der Waals surface area contributed by atoms with Crippen LogP contribution in [0.2, 0.25) is 0 Å². The van der Waals surface area contributed by atoms with Crippen LogP contribution in [0.15, 0.2) is 63.3 Å². The lowest BCUT2D eigenvalue weighted by Crippen LogP contribution is -1.98. The molecule has 1 aromatic heterocycles. The topological polar surface area (TPSA) is 39.1 Å². The number of sulfone groups is 1. The summed E-state index contributed by atoms with van der Waals surface area (Å²) in [5, 5.41) is 1.98. The highest BCUT2D eigenvalue weighted by Crippen LogP contribution is 2.29. The van der Waals surface area contributed by atoms with E-state index in [0.717, 1.165) is 25.4 Å². The lowest BCUT2D eigenvalue weighted by Gasteiger charge is -2.10. The molecule has 0 bridgehead atoms. The van der Waals surface area contributed by atoms with Crippen molar-refractivity contribution in [3.8, 4) is 16.9 Å². The zero-order valence-electron chi connectivity index (χ0n) is 12.1. The van der Waals surface area contributed by atoms with Crippen molar-refractivity contribution in [1.29, 1.82) is 0 Å². The summed E-state index contributed by atoms with van der Waals surface area (Å²) in [5.74, 6) is 0. The van der Waals surface area contributed by atoms with Crippen molar-refractivity contribution in [2.45, 2.75) is 4.90 Å². The van der Waals surface area contributed by atoms with Crippen LogP contribution in [0.25, 0.3) is 16.9 Å². The predicted molar refractivity (Wildman–Crippen MR) is 101 cm³/mol. The van der Waals surface area contributed by atoms with Gasteiger partial charge in [-0.05, 0) is 48.1 Å². The third-order valence-corrected chi connectivity index (χ3v) is 6.16. The second-order valence-electron chi connectivity index (χ2n) is 5.00. The Hall–Kier alpha value is -1.28. The van der Waals surface area contributed by atoms with E-state index in [9.17, 15) is 8.42 Å². The van der Waals surface area contributed by atoms with E-state index >= 15 is 0 Å². The van der Waals surface area contributed by atoms with Gasteiger partial charge in [-0.25, -0.2) is 8.42 Å². The Labute approximate surface area is 152 Å². The molecule has 0 radical (unpaired) electrons. The summed E-state index contributed by atoms with van der Waals surface area (Å²) in [5.41, 5.74) is 2.83. The van der Waals surface area contributed by atoms with Gasteiger partial charge in [0.05, 0.1) is 10.6 Å². The van der Waals surface area contributed by atoms with Crippen molar-refractivity contribution < 1.29 is 8.42 Å². The molecule has 118 valence electrons. The molecule has 0 aliphatic rings. The SMILES string of the molecule is CS(=O)(=O)c1ccc(-c2csc(=S)n2-c2cccc(Br)c2)cc1. The third-order valence-electron chi connectivity index (χ3n) is 3.34. The molecule has 0 amide bonds. The number of aromatic nitrogens is 1. The normalized spacial score (nSPS) is 11.6. The highest BCUT2D eigenvalue weighted by atomic mass is 79.9. The van der Waals surface area contributed by atoms with E-state index < -0.39 is 9.84 Å². The fourth-order valence-corrected chi connectivity index (χ4v) is 4.37. The lowest BCUT2D eigenvalue weighted by molar-refractivity contribution is 0.602. The van der Waals surface area contributed by atoms with Crippen molar-refractivity contribution in [3.63, 3.8) is 0 Å². The second kappa shape index (κ2) is 6.32. The fraction of sp³-hybridized carbons (Fsp3) is 0.0625. The Morgan fingerprint density at radius 3 is 2.43 bits per heavy atom. The van der Waals surface area contributed by atoms with Gasteiger partial charge in [0.2, 0.25) is 0 Å². The van der Waals surface area contributed by atoms with E-state index in [0.29, 0.717) is 4.90 Å². The smallest absolute Gasteiger partial charge is 0.175 e. The molecule has 1 heterocycles. The van der Waals surface area contributed by atoms with E-state index in [-0.39, 0.29) is 0 Å². The second-order valence-corrected chi connectivity index (χ2v) is 9.43. The Morgan fingerprint density at radius 2 is 1.83 bits per heavy atom. The fourth-order valence-electron chi connectivity index (χ4n) is 2.24. The van der Waals surface area contributed by atoms with Gasteiger partial charge in [0, 0.05) is 21.8 Å². The van der Waals surface area contributed by atoms with Gasteiger partial charge in [-0.1, -0.05) is 34.1 Å². The van der Waals surface area contributed by atoms with Crippen LogP contribution in [-0.4, -0.2) is 19.2 Å². The summed E-state index contributed by atoms with van der Waals surface area (Å²) in [6.45, 7) is 0. The van der Waals surface area contributed by atoms with Crippen LogP contribution < -0.4 is 0 Å². The first-order chi connectivity index (χ1) is 10.9. The Kier molecular flexibility index (Phi) is 4.55. The maximum atomic E-state index is 11.6. The minimum atomic E-state index is -3.20. The molecule has 3 nitrogen and oxygen atoms in total. The van der Waals surface area contributed by atoms with Crippen molar-refractivity contribution >= 4 is 49.3 Å².